The monoisotopic (exact) mass is 441 g/mol. The van der Waals surface area contributed by atoms with Gasteiger partial charge in [-0.1, -0.05) is 18.2 Å². The van der Waals surface area contributed by atoms with Gasteiger partial charge in [0.05, 0.1) is 5.25 Å². The number of thioether (sulfide) groups is 1. The third kappa shape index (κ3) is 5.07. The summed E-state index contributed by atoms with van der Waals surface area (Å²) < 4.78 is 13.9. The van der Waals surface area contributed by atoms with Crippen LogP contribution in [0, 0.1) is 5.82 Å². The Kier molecular flexibility index (Phi) is 6.56. The zero-order valence-corrected chi connectivity index (χ0v) is 17.8. The van der Waals surface area contributed by atoms with E-state index in [1.165, 1.54) is 17.8 Å². The minimum atomic E-state index is -0.666. The quantitative estimate of drug-likeness (QED) is 0.748. The van der Waals surface area contributed by atoms with Gasteiger partial charge in [0, 0.05) is 30.1 Å². The van der Waals surface area contributed by atoms with Crippen molar-refractivity contribution in [1.82, 2.24) is 10.2 Å². The van der Waals surface area contributed by atoms with E-state index in [1.807, 2.05) is 4.90 Å². The molecule has 2 unspecified atom stereocenters. The Morgan fingerprint density at radius 1 is 1.10 bits per heavy atom. The van der Waals surface area contributed by atoms with Gasteiger partial charge in [-0.25, -0.2) is 4.39 Å². The SMILES string of the molecule is O=C(Nc1ccc(C(=O)N2CCCC2)cc1)C1CSC(Cc2ccccc2F)C(=O)N1. The van der Waals surface area contributed by atoms with Crippen LogP contribution in [-0.2, 0) is 16.0 Å². The van der Waals surface area contributed by atoms with Crippen molar-refractivity contribution in [1.29, 1.82) is 0 Å². The maximum Gasteiger partial charge on any atom is 0.253 e. The van der Waals surface area contributed by atoms with Gasteiger partial charge in [0.2, 0.25) is 11.8 Å². The first-order chi connectivity index (χ1) is 15.0. The lowest BCUT2D eigenvalue weighted by atomic mass is 10.1. The molecule has 6 nitrogen and oxygen atoms in total. The van der Waals surface area contributed by atoms with E-state index in [9.17, 15) is 18.8 Å². The average molecular weight is 442 g/mol. The second-order valence-electron chi connectivity index (χ2n) is 7.74. The summed E-state index contributed by atoms with van der Waals surface area (Å²) in [7, 11) is 0. The first kappa shape index (κ1) is 21.4. The molecule has 0 aliphatic carbocycles. The van der Waals surface area contributed by atoms with Crippen molar-refractivity contribution in [3.05, 3.63) is 65.5 Å². The van der Waals surface area contributed by atoms with Crippen molar-refractivity contribution in [3.8, 4) is 0 Å². The lowest BCUT2D eigenvalue weighted by Crippen LogP contribution is -2.52. The number of hydrogen-bond acceptors (Lipinski definition) is 4. The molecule has 2 N–H and O–H groups in total. The predicted octanol–water partition coefficient (Wildman–Crippen LogP) is 2.84. The number of amides is 3. The van der Waals surface area contributed by atoms with Crippen LogP contribution in [0.5, 0.6) is 0 Å². The smallest absolute Gasteiger partial charge is 0.253 e. The lowest BCUT2D eigenvalue weighted by molar-refractivity contribution is -0.126. The molecule has 0 aromatic heterocycles. The Hall–Kier alpha value is -2.87. The highest BCUT2D eigenvalue weighted by Crippen LogP contribution is 2.24. The number of likely N-dealkylation sites (tertiary alicyclic amines) is 1. The minimum absolute atomic E-state index is 0.00668. The van der Waals surface area contributed by atoms with E-state index in [4.69, 9.17) is 0 Å². The van der Waals surface area contributed by atoms with Crippen LogP contribution >= 0.6 is 11.8 Å². The standard InChI is InChI=1S/C23H24FN3O3S/c24-18-6-2-1-5-16(18)13-20-22(29)26-19(14-31-20)21(28)25-17-9-7-15(8-10-17)23(30)27-11-3-4-12-27/h1-2,5-10,19-20H,3-4,11-14H2,(H,25,28)(H,26,29). The fourth-order valence-corrected chi connectivity index (χ4v) is 4.96. The molecule has 31 heavy (non-hydrogen) atoms. The van der Waals surface area contributed by atoms with Crippen LogP contribution < -0.4 is 10.6 Å². The summed E-state index contributed by atoms with van der Waals surface area (Å²) in [5.74, 6) is -0.507. The highest BCUT2D eigenvalue weighted by Gasteiger charge is 2.33. The van der Waals surface area contributed by atoms with Gasteiger partial charge >= 0.3 is 0 Å². The largest absolute Gasteiger partial charge is 0.343 e. The first-order valence-electron chi connectivity index (χ1n) is 10.4. The van der Waals surface area contributed by atoms with Crippen LogP contribution in [0.2, 0.25) is 0 Å². The second-order valence-corrected chi connectivity index (χ2v) is 8.98. The van der Waals surface area contributed by atoms with Gasteiger partial charge in [0.1, 0.15) is 11.9 Å². The molecule has 2 fully saturated rings. The molecule has 4 rings (SSSR count). The van der Waals surface area contributed by atoms with E-state index < -0.39 is 11.3 Å². The minimum Gasteiger partial charge on any atom is -0.343 e. The Bertz CT molecular complexity index is 976. The van der Waals surface area contributed by atoms with Gasteiger partial charge in [0.25, 0.3) is 5.91 Å². The summed E-state index contributed by atoms with van der Waals surface area (Å²) in [5, 5.41) is 5.09. The molecule has 162 valence electrons. The van der Waals surface area contributed by atoms with E-state index in [0.29, 0.717) is 22.6 Å². The molecule has 8 heteroatoms. The van der Waals surface area contributed by atoms with Gasteiger partial charge < -0.3 is 15.5 Å². The highest BCUT2D eigenvalue weighted by molar-refractivity contribution is 8.00. The number of benzene rings is 2. The van der Waals surface area contributed by atoms with Crippen molar-refractivity contribution in [2.24, 2.45) is 0 Å². The van der Waals surface area contributed by atoms with E-state index in [1.54, 1.807) is 42.5 Å². The lowest BCUT2D eigenvalue weighted by Gasteiger charge is -2.28. The third-order valence-corrected chi connectivity index (χ3v) is 6.85. The molecule has 0 radical (unpaired) electrons. The zero-order chi connectivity index (χ0) is 21.8. The topological polar surface area (TPSA) is 78.5 Å². The average Bonchev–Trinajstić information content (AvgIpc) is 3.31. The van der Waals surface area contributed by atoms with Crippen molar-refractivity contribution in [2.45, 2.75) is 30.6 Å². The first-order valence-corrected chi connectivity index (χ1v) is 11.4. The van der Waals surface area contributed by atoms with Crippen LogP contribution in [0.1, 0.15) is 28.8 Å². The zero-order valence-electron chi connectivity index (χ0n) is 17.0. The second kappa shape index (κ2) is 9.51. The van der Waals surface area contributed by atoms with Gasteiger partial charge in [-0.15, -0.1) is 11.8 Å². The number of anilines is 1. The molecule has 0 saturated carbocycles. The summed E-state index contributed by atoms with van der Waals surface area (Å²) >= 11 is 1.35. The Morgan fingerprint density at radius 2 is 1.81 bits per heavy atom. The number of hydrogen-bond donors (Lipinski definition) is 2. The van der Waals surface area contributed by atoms with Crippen LogP contribution in [0.3, 0.4) is 0 Å². The van der Waals surface area contributed by atoms with E-state index in [2.05, 4.69) is 10.6 Å². The maximum atomic E-state index is 13.9. The highest BCUT2D eigenvalue weighted by atomic mass is 32.2. The Morgan fingerprint density at radius 3 is 2.48 bits per heavy atom. The number of nitrogens with one attached hydrogen (secondary N) is 2. The molecule has 2 aliphatic rings. The van der Waals surface area contributed by atoms with Crippen LogP contribution in [0.15, 0.2) is 48.5 Å². The van der Waals surface area contributed by atoms with Crippen molar-refractivity contribution in [3.63, 3.8) is 0 Å². The molecule has 2 aromatic rings. The van der Waals surface area contributed by atoms with E-state index in [-0.39, 0.29) is 30.0 Å². The van der Waals surface area contributed by atoms with Gasteiger partial charge in [-0.2, -0.15) is 0 Å². The number of carbonyl (C=O) groups excluding carboxylic acids is 3. The van der Waals surface area contributed by atoms with Gasteiger partial charge in [0.15, 0.2) is 0 Å². The summed E-state index contributed by atoms with van der Waals surface area (Å²) in [4.78, 5) is 39.3. The molecule has 2 aliphatic heterocycles. The van der Waals surface area contributed by atoms with Crippen LogP contribution in [-0.4, -0.2) is 52.8 Å². The Labute approximate surface area is 184 Å². The summed E-state index contributed by atoms with van der Waals surface area (Å²) in [5.41, 5.74) is 1.65. The molecular weight excluding hydrogens is 417 g/mol. The molecule has 2 saturated heterocycles. The maximum absolute atomic E-state index is 13.9. The van der Waals surface area contributed by atoms with Crippen molar-refractivity contribution in [2.75, 3.05) is 24.2 Å². The predicted molar refractivity (Wildman–Crippen MR) is 118 cm³/mol. The normalized spacial score (nSPS) is 20.9. The summed E-state index contributed by atoms with van der Waals surface area (Å²) in [6.07, 6.45) is 2.35. The number of carbonyl (C=O) groups is 3. The molecule has 0 bridgehead atoms. The van der Waals surface area contributed by atoms with E-state index in [0.717, 1.165) is 25.9 Å². The Balaban J connectivity index is 1.31. The summed E-state index contributed by atoms with van der Waals surface area (Å²) in [6.45, 7) is 1.57. The number of rotatable bonds is 5. The fraction of sp³-hybridized carbons (Fsp3) is 0.348. The summed E-state index contributed by atoms with van der Waals surface area (Å²) in [6, 6.07) is 12.5. The molecule has 0 spiro atoms. The molecule has 3 amide bonds. The third-order valence-electron chi connectivity index (χ3n) is 5.55. The molecule has 2 aromatic carbocycles. The van der Waals surface area contributed by atoms with Crippen LogP contribution in [0.25, 0.3) is 0 Å². The van der Waals surface area contributed by atoms with Crippen LogP contribution in [0.4, 0.5) is 10.1 Å². The molecular formula is C23H24FN3O3S. The van der Waals surface area contributed by atoms with Crippen molar-refractivity contribution < 1.29 is 18.8 Å². The van der Waals surface area contributed by atoms with Crippen molar-refractivity contribution >= 4 is 35.2 Å². The van der Waals surface area contributed by atoms with Gasteiger partial charge in [-0.3, -0.25) is 14.4 Å². The van der Waals surface area contributed by atoms with E-state index >= 15 is 0 Å². The number of nitrogens with zero attached hydrogens (tertiary/aromatic N) is 1. The number of halogens is 1. The fourth-order valence-electron chi connectivity index (χ4n) is 3.78. The molecule has 2 atom stereocenters. The van der Waals surface area contributed by atoms with Gasteiger partial charge in [-0.05, 0) is 55.2 Å². The molecule has 2 heterocycles.